The number of halogens is 3. The van der Waals surface area contributed by atoms with Crippen LogP contribution in [0.5, 0.6) is 34.5 Å². The Hall–Kier alpha value is -5.14. The Morgan fingerprint density at radius 1 is 0.796 bits per heavy atom. The summed E-state index contributed by atoms with van der Waals surface area (Å²) >= 11 is 12.3. The fraction of sp³-hybridized carbons (Fsp3) is 0.265. The van der Waals surface area contributed by atoms with Gasteiger partial charge >= 0.3 is 6.03 Å². The van der Waals surface area contributed by atoms with Gasteiger partial charge in [-0.2, -0.15) is 0 Å². The van der Waals surface area contributed by atoms with E-state index in [1.807, 2.05) is 0 Å². The lowest BCUT2D eigenvalue weighted by molar-refractivity contribution is -0.116. The van der Waals surface area contributed by atoms with Crippen molar-refractivity contribution in [1.82, 2.24) is 10.3 Å². The Balaban J connectivity index is 1.27. The molecule has 6 rings (SSSR count). The first-order valence-electron chi connectivity index (χ1n) is 14.9. The van der Waals surface area contributed by atoms with Gasteiger partial charge < -0.3 is 44.4 Å². The van der Waals surface area contributed by atoms with Crippen molar-refractivity contribution in [2.75, 3.05) is 52.3 Å². The topological polar surface area (TPSA) is 138 Å². The highest BCUT2D eigenvalue weighted by Gasteiger charge is 2.36. The van der Waals surface area contributed by atoms with Gasteiger partial charge in [0, 0.05) is 52.4 Å². The van der Waals surface area contributed by atoms with Crippen LogP contribution in [0.2, 0.25) is 10.2 Å². The molecule has 0 saturated heterocycles. The van der Waals surface area contributed by atoms with Gasteiger partial charge in [0.1, 0.15) is 24.2 Å². The van der Waals surface area contributed by atoms with Crippen LogP contribution in [0.3, 0.4) is 0 Å². The van der Waals surface area contributed by atoms with E-state index in [1.165, 1.54) is 46.6 Å². The molecule has 0 bridgehead atoms. The number of aromatic nitrogens is 1. The van der Waals surface area contributed by atoms with Gasteiger partial charge in [0.05, 0.1) is 45.9 Å². The van der Waals surface area contributed by atoms with E-state index in [4.69, 9.17) is 51.6 Å². The molecular formula is C34H31Cl2FN4O8. The second-order valence-corrected chi connectivity index (χ2v) is 11.7. The number of hydrogen-bond donors (Lipinski definition) is 3. The first kappa shape index (κ1) is 33.7. The van der Waals surface area contributed by atoms with E-state index >= 15 is 0 Å². The average Bonchev–Trinajstić information content (AvgIpc) is 3.08. The molecule has 2 aliphatic rings. The number of hydrogen-bond acceptors (Lipinski definition) is 9. The molecule has 0 fully saturated rings. The van der Waals surface area contributed by atoms with Crippen LogP contribution in [0.4, 0.5) is 20.6 Å². The van der Waals surface area contributed by atoms with Crippen LogP contribution in [0.1, 0.15) is 40.6 Å². The molecule has 0 radical (unpaired) electrons. The predicted octanol–water partition coefficient (Wildman–Crippen LogP) is 6.72. The van der Waals surface area contributed by atoms with E-state index in [2.05, 4.69) is 20.9 Å². The van der Waals surface area contributed by atoms with Gasteiger partial charge in [0.2, 0.25) is 17.4 Å². The quantitative estimate of drug-likeness (QED) is 0.114. The highest BCUT2D eigenvalue weighted by molar-refractivity contribution is 6.30. The lowest BCUT2D eigenvalue weighted by Crippen LogP contribution is -2.39. The molecule has 1 aromatic heterocycles. The van der Waals surface area contributed by atoms with Crippen LogP contribution in [0.15, 0.2) is 48.7 Å². The van der Waals surface area contributed by atoms with Crippen LogP contribution in [-0.2, 0) is 4.79 Å². The number of ether oxygens (including phenoxy) is 6. The molecule has 12 nitrogen and oxygen atoms in total. The fourth-order valence-corrected chi connectivity index (χ4v) is 6.51. The van der Waals surface area contributed by atoms with Gasteiger partial charge in [-0.15, -0.1) is 0 Å². The van der Waals surface area contributed by atoms with Crippen LogP contribution in [-0.4, -0.2) is 58.6 Å². The molecule has 3 amide bonds. The van der Waals surface area contributed by atoms with E-state index in [1.54, 1.807) is 30.5 Å². The Morgan fingerprint density at radius 2 is 1.41 bits per heavy atom. The van der Waals surface area contributed by atoms with Gasteiger partial charge in [-0.1, -0.05) is 23.2 Å². The Bertz CT molecular complexity index is 1950. The number of carbonyl (C=O) groups excluding carboxylic acids is 2. The molecule has 2 aliphatic heterocycles. The number of urea groups is 1. The molecule has 2 unspecified atom stereocenters. The van der Waals surface area contributed by atoms with Crippen molar-refractivity contribution in [1.29, 1.82) is 0 Å². The standard InChI is InChI=1S/C34H31Cl2FN4O8/c1-44-30-23(14-21-27(32(30)46-3)18(13-26(42)39-21)16-7-8-38-25(36)11-16)48-9-10-49-24-15-22-28(33(47-4)31(24)45-2)29(41-34(43)40-22)19-12-17(35)5-6-20(19)37/h5-8,11-12,14-15,18,29H,9-10,13H2,1-4H3,(H,39,42)(H2,40,41,43). The summed E-state index contributed by atoms with van der Waals surface area (Å²) in [6, 6.07) is 9.33. The van der Waals surface area contributed by atoms with Crippen LogP contribution < -0.4 is 44.4 Å². The van der Waals surface area contributed by atoms with E-state index in [-0.39, 0.29) is 54.3 Å². The molecule has 3 N–H and O–H groups in total. The second kappa shape index (κ2) is 14.1. The number of nitrogens with one attached hydrogen (secondary N) is 3. The number of anilines is 2. The van der Waals surface area contributed by atoms with Crippen LogP contribution in [0.25, 0.3) is 0 Å². The smallest absolute Gasteiger partial charge is 0.320 e. The second-order valence-electron chi connectivity index (χ2n) is 10.9. The van der Waals surface area contributed by atoms with E-state index < -0.39 is 17.9 Å². The van der Waals surface area contributed by atoms with E-state index in [9.17, 15) is 14.0 Å². The number of amides is 3. The van der Waals surface area contributed by atoms with Gasteiger partial charge in [-0.3, -0.25) is 4.79 Å². The molecule has 0 spiro atoms. The van der Waals surface area contributed by atoms with E-state index in [0.717, 1.165) is 5.56 Å². The first-order valence-corrected chi connectivity index (χ1v) is 15.7. The molecule has 0 saturated carbocycles. The molecule has 49 heavy (non-hydrogen) atoms. The van der Waals surface area contributed by atoms with Gasteiger partial charge in [0.15, 0.2) is 23.0 Å². The normalized spacial score (nSPS) is 16.3. The number of methoxy groups -OCH3 is 4. The predicted molar refractivity (Wildman–Crippen MR) is 180 cm³/mol. The number of nitrogens with zero attached hydrogens (tertiary/aromatic N) is 1. The molecule has 0 aliphatic carbocycles. The van der Waals surface area contributed by atoms with E-state index in [0.29, 0.717) is 49.9 Å². The number of carbonyl (C=O) groups is 2. The number of rotatable bonds is 11. The lowest BCUT2D eigenvalue weighted by Gasteiger charge is -2.31. The Morgan fingerprint density at radius 3 is 2.02 bits per heavy atom. The summed E-state index contributed by atoms with van der Waals surface area (Å²) in [5, 5.41) is 8.96. The maximum absolute atomic E-state index is 15.0. The van der Waals surface area contributed by atoms with Crippen molar-refractivity contribution < 1.29 is 42.4 Å². The van der Waals surface area contributed by atoms with Crippen LogP contribution >= 0.6 is 23.2 Å². The minimum absolute atomic E-state index is 0.00387. The Labute approximate surface area is 290 Å². The highest BCUT2D eigenvalue weighted by atomic mass is 35.5. The largest absolute Gasteiger partial charge is 0.492 e. The monoisotopic (exact) mass is 712 g/mol. The molecule has 15 heteroatoms. The molecule has 3 aromatic carbocycles. The zero-order valence-corrected chi connectivity index (χ0v) is 28.3. The summed E-state index contributed by atoms with van der Waals surface area (Å²) < 4.78 is 50.0. The number of pyridine rings is 1. The minimum atomic E-state index is -0.939. The maximum Gasteiger partial charge on any atom is 0.320 e. The average molecular weight is 714 g/mol. The van der Waals surface area contributed by atoms with Crippen molar-refractivity contribution in [2.45, 2.75) is 18.4 Å². The molecular weight excluding hydrogens is 682 g/mol. The summed E-state index contributed by atoms with van der Waals surface area (Å²) in [4.78, 5) is 29.5. The van der Waals surface area contributed by atoms with Gasteiger partial charge in [-0.05, 0) is 35.9 Å². The third kappa shape index (κ3) is 6.51. The highest BCUT2D eigenvalue weighted by Crippen LogP contribution is 2.52. The zero-order chi connectivity index (χ0) is 34.8. The number of benzene rings is 3. The Kier molecular flexibility index (Phi) is 9.74. The summed E-state index contributed by atoms with van der Waals surface area (Å²) in [5.41, 5.74) is 2.89. The third-order valence-corrected chi connectivity index (χ3v) is 8.58. The SMILES string of the molecule is COc1c(OCCOc2cc3c(c(OC)c2OC)C(c2cc(Cl)ccc2F)NC(=O)N3)cc2c(c1OC)C(c1ccnc(Cl)c1)CC(=O)N2. The molecule has 4 aromatic rings. The number of fused-ring (bicyclic) bond motifs is 2. The summed E-state index contributed by atoms with van der Waals surface area (Å²) in [6.07, 6.45) is 1.75. The lowest BCUT2D eigenvalue weighted by atomic mass is 9.84. The van der Waals surface area contributed by atoms with Crippen molar-refractivity contribution >= 4 is 46.5 Å². The zero-order valence-electron chi connectivity index (χ0n) is 26.7. The van der Waals surface area contributed by atoms with Crippen molar-refractivity contribution in [3.63, 3.8) is 0 Å². The van der Waals surface area contributed by atoms with Crippen molar-refractivity contribution in [3.8, 4) is 34.5 Å². The third-order valence-electron chi connectivity index (χ3n) is 8.14. The van der Waals surface area contributed by atoms with Gasteiger partial charge in [-0.25, -0.2) is 14.2 Å². The van der Waals surface area contributed by atoms with Gasteiger partial charge in [0.25, 0.3) is 0 Å². The molecule has 2 atom stereocenters. The molecule has 256 valence electrons. The summed E-state index contributed by atoms with van der Waals surface area (Å²) in [6.45, 7) is 0.0202. The summed E-state index contributed by atoms with van der Waals surface area (Å²) in [7, 11) is 5.86. The maximum atomic E-state index is 15.0. The van der Waals surface area contributed by atoms with Crippen molar-refractivity contribution in [3.05, 3.63) is 86.9 Å². The first-order chi connectivity index (χ1) is 23.7. The van der Waals surface area contributed by atoms with Crippen molar-refractivity contribution in [2.24, 2.45) is 0 Å². The van der Waals surface area contributed by atoms with Crippen LogP contribution in [0, 0.1) is 5.82 Å². The molecule has 3 heterocycles. The summed E-state index contributed by atoms with van der Waals surface area (Å²) in [5.74, 6) is 0.553. The fourth-order valence-electron chi connectivity index (χ4n) is 6.15. The minimum Gasteiger partial charge on any atom is -0.492 e.